The van der Waals surface area contributed by atoms with Gasteiger partial charge in [0.1, 0.15) is 0 Å². The summed E-state index contributed by atoms with van der Waals surface area (Å²) in [6, 6.07) is 0.545. The number of likely N-dealkylation sites (tertiary alicyclic amines) is 1. The fourth-order valence-electron chi connectivity index (χ4n) is 2.61. The minimum absolute atomic E-state index is 0.213. The van der Waals surface area contributed by atoms with Crippen molar-refractivity contribution in [1.29, 1.82) is 0 Å². The Bertz CT molecular complexity index is 253. The van der Waals surface area contributed by atoms with Crippen LogP contribution in [-0.2, 0) is 4.79 Å². The van der Waals surface area contributed by atoms with Gasteiger partial charge in [0.25, 0.3) is 0 Å². The summed E-state index contributed by atoms with van der Waals surface area (Å²) in [5.41, 5.74) is 5.25. The van der Waals surface area contributed by atoms with Gasteiger partial charge in [-0.1, -0.05) is 6.92 Å². The summed E-state index contributed by atoms with van der Waals surface area (Å²) in [5.74, 6) is 1.36. The van der Waals surface area contributed by atoms with Crippen molar-refractivity contribution in [2.24, 2.45) is 17.6 Å². The number of nitrogens with one attached hydrogen (secondary N) is 1. The van der Waals surface area contributed by atoms with Gasteiger partial charge in [-0.15, -0.1) is 0 Å². The Balaban J connectivity index is 1.76. The maximum absolute atomic E-state index is 10.9. The van der Waals surface area contributed by atoms with Crippen LogP contribution in [0.2, 0.25) is 0 Å². The van der Waals surface area contributed by atoms with Crippen LogP contribution >= 0.6 is 0 Å². The number of nitrogens with zero attached hydrogens (tertiary/aromatic N) is 1. The van der Waals surface area contributed by atoms with E-state index >= 15 is 0 Å². The molecule has 0 aromatic heterocycles. The first-order chi connectivity index (χ1) is 7.63. The van der Waals surface area contributed by atoms with Crippen LogP contribution in [0.25, 0.3) is 0 Å². The molecule has 1 saturated heterocycles. The van der Waals surface area contributed by atoms with Gasteiger partial charge in [-0.2, -0.15) is 0 Å². The third kappa shape index (κ3) is 3.76. The summed E-state index contributed by atoms with van der Waals surface area (Å²) < 4.78 is 0. The van der Waals surface area contributed by atoms with Gasteiger partial charge < -0.3 is 11.1 Å². The molecular weight excluding hydrogens is 202 g/mol. The molecule has 2 rings (SSSR count). The van der Waals surface area contributed by atoms with Gasteiger partial charge in [0.2, 0.25) is 5.91 Å². The monoisotopic (exact) mass is 225 g/mol. The Morgan fingerprint density at radius 2 is 2.19 bits per heavy atom. The van der Waals surface area contributed by atoms with E-state index in [1.807, 2.05) is 0 Å². The summed E-state index contributed by atoms with van der Waals surface area (Å²) in [6.45, 7) is 5.79. The summed E-state index contributed by atoms with van der Waals surface area (Å²) >= 11 is 0. The number of hydrogen-bond acceptors (Lipinski definition) is 3. The number of primary amides is 1. The van der Waals surface area contributed by atoms with Crippen LogP contribution in [0.3, 0.4) is 0 Å². The lowest BCUT2D eigenvalue weighted by molar-refractivity contribution is -0.119. The van der Waals surface area contributed by atoms with Crippen LogP contribution in [0.5, 0.6) is 0 Å². The Morgan fingerprint density at radius 3 is 2.81 bits per heavy atom. The molecule has 3 N–H and O–H groups in total. The second-order valence-electron chi connectivity index (χ2n) is 5.55. The molecule has 0 bridgehead atoms. The second kappa shape index (κ2) is 5.15. The molecule has 2 fully saturated rings. The van der Waals surface area contributed by atoms with E-state index in [1.54, 1.807) is 0 Å². The number of hydrogen-bond donors (Lipinski definition) is 2. The highest BCUT2D eigenvalue weighted by Gasteiger charge is 2.27. The molecule has 0 radical (unpaired) electrons. The topological polar surface area (TPSA) is 58.4 Å². The number of piperidine rings is 1. The molecule has 1 amide bonds. The van der Waals surface area contributed by atoms with Gasteiger partial charge in [-0.3, -0.25) is 9.69 Å². The van der Waals surface area contributed by atoms with Crippen molar-refractivity contribution < 1.29 is 4.79 Å². The van der Waals surface area contributed by atoms with E-state index < -0.39 is 0 Å². The molecule has 0 aromatic rings. The lowest BCUT2D eigenvalue weighted by Gasteiger charge is -2.36. The number of amides is 1. The van der Waals surface area contributed by atoms with E-state index in [0.717, 1.165) is 25.6 Å². The molecule has 2 unspecified atom stereocenters. The van der Waals surface area contributed by atoms with Crippen molar-refractivity contribution in [3.05, 3.63) is 0 Å². The molecule has 0 aromatic carbocycles. The van der Waals surface area contributed by atoms with Crippen LogP contribution in [0.1, 0.15) is 26.2 Å². The minimum atomic E-state index is -0.213. The fraction of sp³-hybridized carbons (Fsp3) is 0.917. The number of nitrogens with two attached hydrogens (primary N) is 1. The van der Waals surface area contributed by atoms with Crippen LogP contribution in [-0.4, -0.2) is 43.0 Å². The highest BCUT2D eigenvalue weighted by Crippen LogP contribution is 2.28. The Hall–Kier alpha value is -0.610. The van der Waals surface area contributed by atoms with Gasteiger partial charge in [0.15, 0.2) is 0 Å². The maximum Gasteiger partial charge on any atom is 0.231 e. The Kier molecular flexibility index (Phi) is 3.82. The fourth-order valence-corrected chi connectivity index (χ4v) is 2.61. The summed E-state index contributed by atoms with van der Waals surface area (Å²) in [6.07, 6.45) is 4.00. The molecular formula is C12H23N3O. The van der Waals surface area contributed by atoms with E-state index in [1.165, 1.54) is 19.3 Å². The average Bonchev–Trinajstić information content (AvgIpc) is 2.95. The Labute approximate surface area is 97.6 Å². The molecule has 4 heteroatoms. The summed E-state index contributed by atoms with van der Waals surface area (Å²) in [4.78, 5) is 13.1. The van der Waals surface area contributed by atoms with E-state index in [2.05, 4.69) is 17.1 Å². The maximum atomic E-state index is 10.9. The molecule has 16 heavy (non-hydrogen) atoms. The van der Waals surface area contributed by atoms with Gasteiger partial charge >= 0.3 is 0 Å². The predicted octanol–water partition coefficient (Wildman–Crippen LogP) is 0.182. The molecule has 1 aliphatic carbocycles. The molecule has 1 saturated carbocycles. The molecule has 2 aliphatic rings. The molecule has 2 atom stereocenters. The molecule has 0 spiro atoms. The normalized spacial score (nSPS) is 31.6. The first-order valence-corrected chi connectivity index (χ1v) is 6.37. The zero-order chi connectivity index (χ0) is 11.5. The van der Waals surface area contributed by atoms with Crippen molar-refractivity contribution in [2.75, 3.05) is 26.2 Å². The predicted molar refractivity (Wildman–Crippen MR) is 63.9 cm³/mol. The van der Waals surface area contributed by atoms with Gasteiger partial charge in [-0.25, -0.2) is 0 Å². The Morgan fingerprint density at radius 1 is 1.44 bits per heavy atom. The molecule has 1 aliphatic heterocycles. The third-order valence-corrected chi connectivity index (χ3v) is 3.51. The summed E-state index contributed by atoms with van der Waals surface area (Å²) in [5, 5.41) is 3.62. The molecule has 1 heterocycles. The number of rotatable bonds is 5. The van der Waals surface area contributed by atoms with Crippen LogP contribution < -0.4 is 11.1 Å². The molecule has 4 nitrogen and oxygen atoms in total. The van der Waals surface area contributed by atoms with Gasteiger partial charge in [0.05, 0.1) is 6.54 Å². The van der Waals surface area contributed by atoms with Crippen molar-refractivity contribution in [2.45, 2.75) is 32.2 Å². The number of carbonyl (C=O) groups is 1. The lowest BCUT2D eigenvalue weighted by Crippen LogP contribution is -2.51. The van der Waals surface area contributed by atoms with E-state index in [-0.39, 0.29) is 5.91 Å². The standard InChI is InChI=1S/C12H23N3O/c1-9-4-11(14-5-10-2-3-10)7-15(6-9)8-12(13)16/h9-11,14H,2-8H2,1H3,(H2,13,16). The highest BCUT2D eigenvalue weighted by atomic mass is 16.1. The SMILES string of the molecule is CC1CC(NCC2CC2)CN(CC(N)=O)C1. The quantitative estimate of drug-likeness (QED) is 0.702. The first-order valence-electron chi connectivity index (χ1n) is 6.37. The van der Waals surface area contributed by atoms with Crippen LogP contribution in [0, 0.1) is 11.8 Å². The van der Waals surface area contributed by atoms with E-state index in [0.29, 0.717) is 18.5 Å². The average molecular weight is 225 g/mol. The zero-order valence-corrected chi connectivity index (χ0v) is 10.1. The second-order valence-corrected chi connectivity index (χ2v) is 5.55. The van der Waals surface area contributed by atoms with E-state index in [9.17, 15) is 4.79 Å². The van der Waals surface area contributed by atoms with Crippen LogP contribution in [0.4, 0.5) is 0 Å². The first kappa shape index (κ1) is 11.9. The lowest BCUT2D eigenvalue weighted by atomic mass is 9.96. The summed E-state index contributed by atoms with van der Waals surface area (Å²) in [7, 11) is 0. The highest BCUT2D eigenvalue weighted by molar-refractivity contribution is 5.75. The van der Waals surface area contributed by atoms with Crippen molar-refractivity contribution in [3.63, 3.8) is 0 Å². The van der Waals surface area contributed by atoms with Crippen LogP contribution in [0.15, 0.2) is 0 Å². The smallest absolute Gasteiger partial charge is 0.231 e. The number of carbonyl (C=O) groups excluding carboxylic acids is 1. The third-order valence-electron chi connectivity index (χ3n) is 3.51. The largest absolute Gasteiger partial charge is 0.369 e. The van der Waals surface area contributed by atoms with Crippen molar-refractivity contribution in [3.8, 4) is 0 Å². The van der Waals surface area contributed by atoms with Gasteiger partial charge in [0, 0.05) is 19.1 Å². The van der Waals surface area contributed by atoms with Crippen molar-refractivity contribution >= 4 is 5.91 Å². The van der Waals surface area contributed by atoms with E-state index in [4.69, 9.17) is 5.73 Å². The zero-order valence-electron chi connectivity index (χ0n) is 10.1. The molecule has 92 valence electrons. The van der Waals surface area contributed by atoms with Crippen molar-refractivity contribution in [1.82, 2.24) is 10.2 Å². The minimum Gasteiger partial charge on any atom is -0.369 e. The van der Waals surface area contributed by atoms with Gasteiger partial charge in [-0.05, 0) is 37.6 Å².